The summed E-state index contributed by atoms with van der Waals surface area (Å²) in [5.41, 5.74) is 2.72. The molecule has 1 N–H and O–H groups in total. The van der Waals surface area contributed by atoms with Gasteiger partial charge in [0.1, 0.15) is 5.76 Å². The van der Waals surface area contributed by atoms with Crippen molar-refractivity contribution in [1.82, 2.24) is 0 Å². The first-order valence-corrected chi connectivity index (χ1v) is 6.43. The van der Waals surface area contributed by atoms with E-state index in [1.165, 1.54) is 5.57 Å². The second kappa shape index (κ2) is 3.58. The fourth-order valence-electron chi connectivity index (χ4n) is 3.40. The lowest BCUT2D eigenvalue weighted by atomic mass is 9.60. The number of carbonyl (C=O) groups is 1. The zero-order chi connectivity index (χ0) is 13.1. The van der Waals surface area contributed by atoms with E-state index in [1.54, 1.807) is 0 Å². The molecule has 3 atom stereocenters. The normalized spacial score (nSPS) is 38.8. The van der Waals surface area contributed by atoms with Gasteiger partial charge in [-0.2, -0.15) is 0 Å². The van der Waals surface area contributed by atoms with Gasteiger partial charge in [0, 0.05) is 16.6 Å². The Balaban J connectivity index is 2.14. The summed E-state index contributed by atoms with van der Waals surface area (Å²) in [5, 5.41) is 10.3. The van der Waals surface area contributed by atoms with E-state index in [-0.39, 0.29) is 17.3 Å². The monoisotopic (exact) mass is 246 g/mol. The van der Waals surface area contributed by atoms with Crippen LogP contribution in [0.4, 0.5) is 0 Å². The molecule has 2 aliphatic carbocycles. The average molecular weight is 246 g/mol. The Morgan fingerprint density at radius 3 is 2.89 bits per heavy atom. The first-order chi connectivity index (χ1) is 8.43. The molecule has 1 heterocycles. The van der Waals surface area contributed by atoms with Crippen molar-refractivity contribution in [1.29, 1.82) is 0 Å². The first kappa shape index (κ1) is 11.7. The number of fused-ring (bicyclic) bond motifs is 2. The summed E-state index contributed by atoms with van der Waals surface area (Å²) in [6.45, 7) is 5.99. The Labute approximate surface area is 107 Å². The lowest BCUT2D eigenvalue weighted by molar-refractivity contribution is -0.133. The second-order valence-corrected chi connectivity index (χ2v) is 5.82. The Kier molecular flexibility index (Phi) is 2.33. The number of aliphatic hydroxyl groups is 1. The first-order valence-electron chi connectivity index (χ1n) is 6.43. The topological polar surface area (TPSA) is 46.5 Å². The van der Waals surface area contributed by atoms with Crippen LogP contribution >= 0.6 is 0 Å². The molecule has 0 fully saturated rings. The van der Waals surface area contributed by atoms with Crippen molar-refractivity contribution in [3.8, 4) is 0 Å². The maximum Gasteiger partial charge on any atom is 0.339 e. The van der Waals surface area contributed by atoms with Crippen molar-refractivity contribution in [2.24, 2.45) is 11.3 Å². The summed E-state index contributed by atoms with van der Waals surface area (Å²) >= 11 is 0. The van der Waals surface area contributed by atoms with Crippen LogP contribution in [-0.2, 0) is 9.53 Å². The van der Waals surface area contributed by atoms with Gasteiger partial charge in [0.05, 0.1) is 6.10 Å². The zero-order valence-electron chi connectivity index (χ0n) is 11.0. The van der Waals surface area contributed by atoms with Crippen LogP contribution in [-0.4, -0.2) is 17.2 Å². The molecule has 0 radical (unpaired) electrons. The van der Waals surface area contributed by atoms with Crippen molar-refractivity contribution in [3.63, 3.8) is 0 Å². The molecule has 1 aliphatic heterocycles. The van der Waals surface area contributed by atoms with Crippen molar-refractivity contribution in [2.45, 2.75) is 39.7 Å². The molecule has 3 nitrogen and oxygen atoms in total. The van der Waals surface area contributed by atoms with Crippen LogP contribution in [0.15, 0.2) is 34.6 Å². The van der Waals surface area contributed by atoms with Crippen LogP contribution in [0, 0.1) is 11.3 Å². The number of allylic oxidation sites excluding steroid dienone is 2. The highest BCUT2D eigenvalue weighted by atomic mass is 16.5. The fraction of sp³-hybridized carbons (Fsp3) is 0.533. The molecule has 0 aromatic heterocycles. The molecular formula is C15H18O3. The zero-order valence-corrected chi connectivity index (χ0v) is 11.0. The highest BCUT2D eigenvalue weighted by molar-refractivity contribution is 5.94. The highest BCUT2D eigenvalue weighted by Gasteiger charge is 2.48. The summed E-state index contributed by atoms with van der Waals surface area (Å²) in [7, 11) is 0. The largest absolute Gasteiger partial charge is 0.423 e. The fourth-order valence-corrected chi connectivity index (χ4v) is 3.40. The predicted molar refractivity (Wildman–Crippen MR) is 67.5 cm³/mol. The average Bonchev–Trinajstić information content (AvgIpc) is 2.58. The minimum atomic E-state index is -0.403. The summed E-state index contributed by atoms with van der Waals surface area (Å²) in [6.07, 6.45) is 5.14. The Hall–Kier alpha value is -1.35. The van der Waals surface area contributed by atoms with Gasteiger partial charge in [0.2, 0.25) is 0 Å². The number of hydrogen-bond donors (Lipinski definition) is 1. The molecule has 0 bridgehead atoms. The maximum absolute atomic E-state index is 11.6. The highest BCUT2D eigenvalue weighted by Crippen LogP contribution is 2.52. The molecule has 96 valence electrons. The molecule has 18 heavy (non-hydrogen) atoms. The van der Waals surface area contributed by atoms with E-state index in [4.69, 9.17) is 4.74 Å². The molecule has 0 spiro atoms. The van der Waals surface area contributed by atoms with Crippen LogP contribution in [0.5, 0.6) is 0 Å². The molecule has 0 saturated carbocycles. The van der Waals surface area contributed by atoms with Crippen molar-refractivity contribution in [2.75, 3.05) is 0 Å². The van der Waals surface area contributed by atoms with Crippen molar-refractivity contribution in [3.05, 3.63) is 34.6 Å². The van der Waals surface area contributed by atoms with Crippen LogP contribution in [0.3, 0.4) is 0 Å². The molecular weight excluding hydrogens is 228 g/mol. The van der Waals surface area contributed by atoms with Gasteiger partial charge in [-0.1, -0.05) is 18.6 Å². The molecule has 0 unspecified atom stereocenters. The third kappa shape index (κ3) is 1.37. The Bertz CT molecular complexity index is 524. The Morgan fingerprint density at radius 1 is 1.44 bits per heavy atom. The molecule has 3 heteroatoms. The van der Waals surface area contributed by atoms with E-state index < -0.39 is 6.10 Å². The van der Waals surface area contributed by atoms with E-state index >= 15 is 0 Å². The van der Waals surface area contributed by atoms with Crippen molar-refractivity contribution >= 4 is 5.97 Å². The van der Waals surface area contributed by atoms with E-state index in [2.05, 4.69) is 19.9 Å². The number of hydrogen-bond acceptors (Lipinski definition) is 3. The maximum atomic E-state index is 11.6. The van der Waals surface area contributed by atoms with E-state index in [1.807, 2.05) is 13.0 Å². The third-order valence-electron chi connectivity index (χ3n) is 4.79. The smallest absolute Gasteiger partial charge is 0.339 e. The second-order valence-electron chi connectivity index (χ2n) is 5.82. The quantitative estimate of drug-likeness (QED) is 0.527. The lowest BCUT2D eigenvalue weighted by Crippen LogP contribution is -2.43. The minimum Gasteiger partial charge on any atom is -0.423 e. The van der Waals surface area contributed by atoms with Crippen LogP contribution < -0.4 is 0 Å². The van der Waals surface area contributed by atoms with Gasteiger partial charge in [-0.15, -0.1) is 0 Å². The van der Waals surface area contributed by atoms with Crippen molar-refractivity contribution < 1.29 is 14.6 Å². The standard InChI is InChI=1S/C15H18O3/c1-8-4-5-13(16)15(3)7-12-10(6-11(8)15)9(2)14(17)18-12/h4,7,11,13,16H,5-6H2,1-3H3/t11-,13+,15+/m0/s1. The van der Waals surface area contributed by atoms with Gasteiger partial charge in [-0.3, -0.25) is 0 Å². The Morgan fingerprint density at radius 2 is 2.17 bits per heavy atom. The summed E-state index contributed by atoms with van der Waals surface area (Å²) in [6, 6.07) is 0. The van der Waals surface area contributed by atoms with E-state index in [9.17, 15) is 9.90 Å². The number of esters is 1. The summed E-state index contributed by atoms with van der Waals surface area (Å²) in [4.78, 5) is 11.6. The predicted octanol–water partition coefficient (Wildman–Crippen LogP) is 2.48. The molecule has 0 aromatic carbocycles. The minimum absolute atomic E-state index is 0.241. The number of ether oxygens (including phenoxy) is 1. The SMILES string of the molecule is CC1=CC[C@@H](O)[C@]2(C)C=C3OC(=O)C(C)=C3C[C@@H]12. The van der Waals surface area contributed by atoms with Gasteiger partial charge in [-0.25, -0.2) is 4.79 Å². The van der Waals surface area contributed by atoms with E-state index in [0.29, 0.717) is 12.2 Å². The van der Waals surface area contributed by atoms with Gasteiger partial charge in [0.15, 0.2) is 0 Å². The van der Waals surface area contributed by atoms with Crippen LogP contribution in [0.25, 0.3) is 0 Å². The van der Waals surface area contributed by atoms with Crippen LogP contribution in [0.1, 0.15) is 33.6 Å². The number of aliphatic hydroxyl groups excluding tert-OH is 1. The van der Waals surface area contributed by atoms with E-state index in [0.717, 1.165) is 17.6 Å². The lowest BCUT2D eigenvalue weighted by Gasteiger charge is -2.45. The summed E-state index contributed by atoms with van der Waals surface area (Å²) in [5.74, 6) is 0.698. The van der Waals surface area contributed by atoms with Gasteiger partial charge in [0.25, 0.3) is 0 Å². The molecule has 3 rings (SSSR count). The van der Waals surface area contributed by atoms with Crippen LogP contribution in [0.2, 0.25) is 0 Å². The third-order valence-corrected chi connectivity index (χ3v) is 4.79. The van der Waals surface area contributed by atoms with Gasteiger partial charge in [-0.05, 0) is 38.7 Å². The molecule has 0 aromatic rings. The number of rotatable bonds is 0. The molecule has 0 amide bonds. The molecule has 0 saturated heterocycles. The van der Waals surface area contributed by atoms with Gasteiger partial charge >= 0.3 is 5.97 Å². The summed E-state index contributed by atoms with van der Waals surface area (Å²) < 4.78 is 5.29. The number of carbonyl (C=O) groups excluding carboxylic acids is 1. The van der Waals surface area contributed by atoms with Gasteiger partial charge < -0.3 is 9.84 Å². The molecule has 3 aliphatic rings.